The molecule has 1 heterocycles. The van der Waals surface area contributed by atoms with Gasteiger partial charge in [-0.1, -0.05) is 0 Å². The van der Waals surface area contributed by atoms with Gasteiger partial charge in [0.2, 0.25) is 0 Å². The molecule has 4 nitrogen and oxygen atoms in total. The molecule has 1 aromatic carbocycles. The van der Waals surface area contributed by atoms with E-state index in [9.17, 15) is 4.79 Å². The summed E-state index contributed by atoms with van der Waals surface area (Å²) in [5.74, 6) is 1.08. The lowest BCUT2D eigenvalue weighted by atomic mass is 10.1. The van der Waals surface area contributed by atoms with Gasteiger partial charge in [-0.25, -0.2) is 4.98 Å². The number of nitrogens with zero attached hydrogens (tertiary/aromatic N) is 2. The molecule has 2 rings (SSSR count). The highest BCUT2D eigenvalue weighted by molar-refractivity contribution is 6.00. The van der Waals surface area contributed by atoms with Crippen LogP contribution in [0.1, 0.15) is 23.1 Å². The van der Waals surface area contributed by atoms with Crippen molar-refractivity contribution in [1.82, 2.24) is 14.9 Å². The molecule has 0 spiro atoms. The minimum Gasteiger partial charge on any atom is -0.329 e. The Morgan fingerprint density at radius 2 is 2.24 bits per heavy atom. The molecule has 0 unspecified atom stereocenters. The van der Waals surface area contributed by atoms with Crippen molar-refractivity contribution >= 4 is 16.8 Å². The maximum Gasteiger partial charge on any atom is 0.176 e. The van der Waals surface area contributed by atoms with Gasteiger partial charge in [-0.2, -0.15) is 0 Å². The number of ketones is 1. The maximum atomic E-state index is 11.8. The van der Waals surface area contributed by atoms with E-state index in [1.807, 2.05) is 25.1 Å². The van der Waals surface area contributed by atoms with Crippen LogP contribution in [-0.4, -0.2) is 28.9 Å². The summed E-state index contributed by atoms with van der Waals surface area (Å²) in [7, 11) is 1.77. The quantitative estimate of drug-likeness (QED) is 0.816. The molecule has 0 fully saturated rings. The first kappa shape index (κ1) is 11.8. The average molecular weight is 231 g/mol. The molecule has 0 saturated carbocycles. The van der Waals surface area contributed by atoms with Gasteiger partial charge in [-0.05, 0) is 39.1 Å². The van der Waals surface area contributed by atoms with Crippen LogP contribution in [0.15, 0.2) is 18.2 Å². The van der Waals surface area contributed by atoms with Crippen molar-refractivity contribution in [2.75, 3.05) is 13.6 Å². The van der Waals surface area contributed by atoms with E-state index in [1.54, 1.807) is 7.05 Å². The maximum absolute atomic E-state index is 11.8. The second-order valence-corrected chi connectivity index (χ2v) is 4.06. The number of carbonyl (C=O) groups is 1. The summed E-state index contributed by atoms with van der Waals surface area (Å²) in [6.45, 7) is 5.33. The van der Waals surface area contributed by atoms with E-state index in [2.05, 4.69) is 21.8 Å². The molecule has 0 amide bonds. The van der Waals surface area contributed by atoms with Gasteiger partial charge in [0.25, 0.3) is 0 Å². The Labute approximate surface area is 101 Å². The first-order chi connectivity index (χ1) is 8.17. The number of Topliss-reactive ketones (excluding diaryl/α,β-unsaturated/α-hetero) is 1. The lowest BCUT2D eigenvalue weighted by molar-refractivity contribution is 0.0993. The third-order valence-electron chi connectivity index (χ3n) is 2.91. The Kier molecular flexibility index (Phi) is 3.24. The zero-order chi connectivity index (χ0) is 12.4. The molecule has 0 radical (unpaired) electrons. The molecule has 0 aliphatic carbocycles. The number of hydrogen-bond acceptors (Lipinski definition) is 3. The minimum atomic E-state index is 0.0955. The Morgan fingerprint density at radius 1 is 1.47 bits per heavy atom. The topological polar surface area (TPSA) is 46.9 Å². The van der Waals surface area contributed by atoms with E-state index in [0.29, 0.717) is 12.1 Å². The molecule has 90 valence electrons. The van der Waals surface area contributed by atoms with Gasteiger partial charge in [0.1, 0.15) is 5.82 Å². The van der Waals surface area contributed by atoms with Crippen molar-refractivity contribution in [1.29, 1.82) is 0 Å². The second-order valence-electron chi connectivity index (χ2n) is 4.06. The standard InChI is InChI=1S/C13H17N3O/c1-4-16-9(2)15-11-7-10(5-6-12(11)16)13(17)8-14-3/h5-7,14H,4,8H2,1-3H3. The number of likely N-dealkylation sites (N-methyl/N-ethyl adjacent to an activating group) is 1. The highest BCUT2D eigenvalue weighted by atomic mass is 16.1. The first-order valence-electron chi connectivity index (χ1n) is 5.82. The fourth-order valence-electron chi connectivity index (χ4n) is 2.09. The molecule has 1 N–H and O–H groups in total. The van der Waals surface area contributed by atoms with Gasteiger partial charge in [-0.3, -0.25) is 4.79 Å². The third-order valence-corrected chi connectivity index (χ3v) is 2.91. The first-order valence-corrected chi connectivity index (χ1v) is 5.82. The van der Waals surface area contributed by atoms with E-state index in [1.165, 1.54) is 0 Å². The molecule has 2 aromatic rings. The van der Waals surface area contributed by atoms with Crippen LogP contribution in [0.4, 0.5) is 0 Å². The summed E-state index contributed by atoms with van der Waals surface area (Å²) in [6.07, 6.45) is 0. The second kappa shape index (κ2) is 4.67. The van der Waals surface area contributed by atoms with Crippen LogP contribution in [0.5, 0.6) is 0 Å². The average Bonchev–Trinajstić information content (AvgIpc) is 2.63. The Bertz CT molecular complexity index is 557. The summed E-state index contributed by atoms with van der Waals surface area (Å²) >= 11 is 0. The van der Waals surface area contributed by atoms with Crippen LogP contribution in [0.25, 0.3) is 11.0 Å². The SMILES string of the molecule is CCn1c(C)nc2cc(C(=O)CNC)ccc21. The van der Waals surface area contributed by atoms with E-state index >= 15 is 0 Å². The number of rotatable bonds is 4. The predicted molar refractivity (Wildman–Crippen MR) is 68.4 cm³/mol. The Morgan fingerprint density at radius 3 is 2.88 bits per heavy atom. The van der Waals surface area contributed by atoms with Gasteiger partial charge in [-0.15, -0.1) is 0 Å². The molecular formula is C13H17N3O. The molecule has 1 aromatic heterocycles. The predicted octanol–water partition coefficient (Wildman–Crippen LogP) is 1.77. The molecular weight excluding hydrogens is 214 g/mol. The normalized spacial score (nSPS) is 11.0. The van der Waals surface area contributed by atoms with Gasteiger partial charge in [0.15, 0.2) is 5.78 Å². The van der Waals surface area contributed by atoms with Crippen LogP contribution in [0.3, 0.4) is 0 Å². The van der Waals surface area contributed by atoms with Crippen molar-refractivity contribution in [3.05, 3.63) is 29.6 Å². The van der Waals surface area contributed by atoms with E-state index in [4.69, 9.17) is 0 Å². The zero-order valence-corrected chi connectivity index (χ0v) is 10.4. The van der Waals surface area contributed by atoms with Gasteiger partial charge < -0.3 is 9.88 Å². The molecule has 0 aliphatic rings. The summed E-state index contributed by atoms with van der Waals surface area (Å²) in [5, 5.41) is 2.87. The third kappa shape index (κ3) is 2.08. The highest BCUT2D eigenvalue weighted by Gasteiger charge is 2.09. The lowest BCUT2D eigenvalue weighted by Gasteiger charge is -2.03. The smallest absolute Gasteiger partial charge is 0.176 e. The number of carbonyl (C=O) groups excluding carboxylic acids is 1. The van der Waals surface area contributed by atoms with Crippen LogP contribution < -0.4 is 5.32 Å². The molecule has 4 heteroatoms. The van der Waals surface area contributed by atoms with Crippen molar-refractivity contribution < 1.29 is 4.79 Å². The van der Waals surface area contributed by atoms with Crippen LogP contribution in [0, 0.1) is 6.92 Å². The number of aryl methyl sites for hydroxylation is 2. The monoisotopic (exact) mass is 231 g/mol. The van der Waals surface area contributed by atoms with Gasteiger partial charge in [0, 0.05) is 12.1 Å². The molecule has 0 saturated heterocycles. The van der Waals surface area contributed by atoms with E-state index in [-0.39, 0.29) is 5.78 Å². The number of nitrogens with one attached hydrogen (secondary N) is 1. The molecule has 0 aliphatic heterocycles. The Hall–Kier alpha value is -1.68. The molecule has 17 heavy (non-hydrogen) atoms. The number of aromatic nitrogens is 2. The minimum absolute atomic E-state index is 0.0955. The van der Waals surface area contributed by atoms with Crippen LogP contribution >= 0.6 is 0 Å². The van der Waals surface area contributed by atoms with E-state index < -0.39 is 0 Å². The fraction of sp³-hybridized carbons (Fsp3) is 0.385. The van der Waals surface area contributed by atoms with Crippen molar-refractivity contribution in [2.24, 2.45) is 0 Å². The number of fused-ring (bicyclic) bond motifs is 1. The molecule has 0 bridgehead atoms. The van der Waals surface area contributed by atoms with Gasteiger partial charge in [0.05, 0.1) is 17.6 Å². The molecule has 0 atom stereocenters. The van der Waals surface area contributed by atoms with Crippen LogP contribution in [-0.2, 0) is 6.54 Å². The number of imidazole rings is 1. The van der Waals surface area contributed by atoms with E-state index in [0.717, 1.165) is 23.4 Å². The number of benzene rings is 1. The zero-order valence-electron chi connectivity index (χ0n) is 10.4. The van der Waals surface area contributed by atoms with Crippen molar-refractivity contribution in [3.63, 3.8) is 0 Å². The Balaban J connectivity index is 2.48. The summed E-state index contributed by atoms with van der Waals surface area (Å²) < 4.78 is 2.14. The van der Waals surface area contributed by atoms with Crippen molar-refractivity contribution in [2.45, 2.75) is 20.4 Å². The highest BCUT2D eigenvalue weighted by Crippen LogP contribution is 2.17. The van der Waals surface area contributed by atoms with Crippen LogP contribution in [0.2, 0.25) is 0 Å². The fourth-order valence-corrected chi connectivity index (χ4v) is 2.09. The lowest BCUT2D eigenvalue weighted by Crippen LogP contribution is -2.18. The van der Waals surface area contributed by atoms with Crippen molar-refractivity contribution in [3.8, 4) is 0 Å². The summed E-state index contributed by atoms with van der Waals surface area (Å²) in [6, 6.07) is 5.71. The number of hydrogen-bond donors (Lipinski definition) is 1. The largest absolute Gasteiger partial charge is 0.329 e. The van der Waals surface area contributed by atoms with Gasteiger partial charge >= 0.3 is 0 Å². The summed E-state index contributed by atoms with van der Waals surface area (Å²) in [5.41, 5.74) is 2.70. The summed E-state index contributed by atoms with van der Waals surface area (Å²) in [4.78, 5) is 16.2.